The Balaban J connectivity index is 3.89. The summed E-state index contributed by atoms with van der Waals surface area (Å²) in [5, 5.41) is 0. The Labute approximate surface area is 52.9 Å². The van der Waals surface area contributed by atoms with E-state index in [1.807, 2.05) is 0 Å². The van der Waals surface area contributed by atoms with E-state index in [9.17, 15) is 9.59 Å². The van der Waals surface area contributed by atoms with Gasteiger partial charge in [-0.25, -0.2) is 4.79 Å². The minimum absolute atomic E-state index is 0.346. The van der Waals surface area contributed by atoms with Crippen molar-refractivity contribution in [2.45, 2.75) is 13.8 Å². The van der Waals surface area contributed by atoms with Crippen LogP contribution in [0.5, 0.6) is 0 Å². The van der Waals surface area contributed by atoms with Crippen molar-refractivity contribution in [3.05, 3.63) is 0 Å². The molecular formula is C5H9NO3. The second kappa shape index (κ2) is 3.19. The average molecular weight is 131 g/mol. The fourth-order valence-electron chi connectivity index (χ4n) is 0.294. The molecule has 0 aromatic heterocycles. The van der Waals surface area contributed by atoms with E-state index in [0.29, 0.717) is 0 Å². The summed E-state index contributed by atoms with van der Waals surface area (Å²) in [6, 6.07) is 0. The smallest absolute Gasteiger partial charge is 0.367 e. The first-order valence-corrected chi connectivity index (χ1v) is 2.54. The van der Waals surface area contributed by atoms with Crippen LogP contribution in [-0.4, -0.2) is 11.8 Å². The van der Waals surface area contributed by atoms with Gasteiger partial charge in [0, 0.05) is 5.92 Å². The molecule has 0 aliphatic heterocycles. The molecule has 0 heterocycles. The molecule has 0 spiro atoms. The Morgan fingerprint density at radius 3 is 2.00 bits per heavy atom. The van der Waals surface area contributed by atoms with Crippen LogP contribution in [0.1, 0.15) is 13.8 Å². The van der Waals surface area contributed by atoms with Gasteiger partial charge >= 0.3 is 5.97 Å². The first-order chi connectivity index (χ1) is 4.09. The number of Topliss-reactive ketones (excluding diaryl/α,β-unsaturated/α-hetero) is 1. The van der Waals surface area contributed by atoms with E-state index in [0.717, 1.165) is 0 Å². The van der Waals surface area contributed by atoms with Gasteiger partial charge in [-0.05, 0) is 0 Å². The van der Waals surface area contributed by atoms with Crippen molar-refractivity contribution in [2.24, 2.45) is 11.8 Å². The highest BCUT2D eigenvalue weighted by molar-refractivity contribution is 6.34. The third kappa shape index (κ3) is 2.23. The molecule has 9 heavy (non-hydrogen) atoms. The number of carbonyl (C=O) groups is 2. The maximum absolute atomic E-state index is 10.5. The molecule has 52 valence electrons. The molecule has 0 rings (SSSR count). The van der Waals surface area contributed by atoms with Crippen molar-refractivity contribution >= 4 is 11.8 Å². The highest BCUT2D eigenvalue weighted by Gasteiger charge is 2.17. The Hall–Kier alpha value is -0.900. The van der Waals surface area contributed by atoms with E-state index >= 15 is 0 Å². The van der Waals surface area contributed by atoms with E-state index in [-0.39, 0.29) is 5.92 Å². The first-order valence-electron chi connectivity index (χ1n) is 2.54. The summed E-state index contributed by atoms with van der Waals surface area (Å²) in [5.74, 6) is 2.51. The summed E-state index contributed by atoms with van der Waals surface area (Å²) in [7, 11) is 0. The van der Waals surface area contributed by atoms with Crippen molar-refractivity contribution in [3.63, 3.8) is 0 Å². The number of rotatable bonds is 2. The number of hydrogen-bond acceptors (Lipinski definition) is 4. The Morgan fingerprint density at radius 2 is 1.89 bits per heavy atom. The maximum atomic E-state index is 10.5. The molecule has 0 aliphatic carbocycles. The largest absolute Gasteiger partial charge is 0.393 e. The SMILES string of the molecule is CC(C)C(=O)C(=O)ON. The van der Waals surface area contributed by atoms with Crippen LogP contribution in [0.25, 0.3) is 0 Å². The third-order valence-electron chi connectivity index (χ3n) is 0.833. The number of hydrogen-bond donors (Lipinski definition) is 1. The van der Waals surface area contributed by atoms with Gasteiger partial charge in [-0.3, -0.25) is 4.79 Å². The second-order valence-corrected chi connectivity index (χ2v) is 1.92. The Kier molecular flexibility index (Phi) is 2.87. The van der Waals surface area contributed by atoms with E-state index in [2.05, 4.69) is 10.7 Å². The summed E-state index contributed by atoms with van der Waals surface area (Å²) < 4.78 is 0. The molecule has 0 atom stereocenters. The summed E-state index contributed by atoms with van der Waals surface area (Å²) >= 11 is 0. The van der Waals surface area contributed by atoms with Crippen molar-refractivity contribution in [1.29, 1.82) is 0 Å². The first kappa shape index (κ1) is 8.10. The van der Waals surface area contributed by atoms with Crippen molar-refractivity contribution in [2.75, 3.05) is 0 Å². The zero-order chi connectivity index (χ0) is 7.44. The molecule has 0 bridgehead atoms. The van der Waals surface area contributed by atoms with Gasteiger partial charge in [-0.1, -0.05) is 13.8 Å². The Morgan fingerprint density at radius 1 is 1.44 bits per heavy atom. The van der Waals surface area contributed by atoms with E-state index in [1.54, 1.807) is 13.8 Å². The standard InChI is InChI=1S/C5H9NO3/c1-3(2)4(7)5(8)9-6/h3H,6H2,1-2H3. The maximum Gasteiger partial charge on any atom is 0.393 e. The molecule has 0 fully saturated rings. The Bertz CT molecular complexity index is 130. The van der Waals surface area contributed by atoms with Gasteiger partial charge in [-0.15, -0.1) is 0 Å². The van der Waals surface area contributed by atoms with Gasteiger partial charge in [0.15, 0.2) is 0 Å². The van der Waals surface area contributed by atoms with Gasteiger partial charge in [0.1, 0.15) is 0 Å². The van der Waals surface area contributed by atoms with Gasteiger partial charge in [0.2, 0.25) is 5.78 Å². The van der Waals surface area contributed by atoms with Crippen LogP contribution in [0.4, 0.5) is 0 Å². The van der Waals surface area contributed by atoms with Crippen molar-refractivity contribution < 1.29 is 14.4 Å². The van der Waals surface area contributed by atoms with Crippen molar-refractivity contribution in [1.82, 2.24) is 0 Å². The van der Waals surface area contributed by atoms with Crippen LogP contribution in [-0.2, 0) is 14.4 Å². The zero-order valence-corrected chi connectivity index (χ0v) is 5.38. The number of ketones is 1. The van der Waals surface area contributed by atoms with Crippen molar-refractivity contribution in [3.8, 4) is 0 Å². The second-order valence-electron chi connectivity index (χ2n) is 1.92. The summed E-state index contributed by atoms with van der Waals surface area (Å²) in [6.45, 7) is 3.19. The van der Waals surface area contributed by atoms with Gasteiger partial charge in [0.05, 0.1) is 0 Å². The quantitative estimate of drug-likeness (QED) is 0.410. The third-order valence-corrected chi connectivity index (χ3v) is 0.833. The van der Waals surface area contributed by atoms with Gasteiger partial charge in [-0.2, -0.15) is 5.90 Å². The summed E-state index contributed by atoms with van der Waals surface area (Å²) in [5.41, 5.74) is 0. The summed E-state index contributed by atoms with van der Waals surface area (Å²) in [4.78, 5) is 24.5. The molecule has 0 aromatic carbocycles. The average Bonchev–Trinajstić information content (AvgIpc) is 1.84. The lowest BCUT2D eigenvalue weighted by atomic mass is 10.1. The lowest BCUT2D eigenvalue weighted by Gasteiger charge is -1.98. The molecule has 0 saturated heterocycles. The van der Waals surface area contributed by atoms with Crippen LogP contribution in [0, 0.1) is 5.92 Å². The monoisotopic (exact) mass is 131 g/mol. The molecule has 0 unspecified atom stereocenters. The molecular weight excluding hydrogens is 122 g/mol. The predicted molar refractivity (Wildman–Crippen MR) is 30.1 cm³/mol. The number of nitrogens with two attached hydrogens (primary N) is 1. The molecule has 0 amide bonds. The van der Waals surface area contributed by atoms with Crippen LogP contribution < -0.4 is 5.90 Å². The van der Waals surface area contributed by atoms with E-state index in [1.165, 1.54) is 0 Å². The van der Waals surface area contributed by atoms with Crippen LogP contribution >= 0.6 is 0 Å². The summed E-state index contributed by atoms with van der Waals surface area (Å²) in [6.07, 6.45) is 0. The molecule has 4 heteroatoms. The lowest BCUT2D eigenvalue weighted by Crippen LogP contribution is -2.24. The molecule has 0 saturated carbocycles. The molecule has 4 nitrogen and oxygen atoms in total. The van der Waals surface area contributed by atoms with Crippen LogP contribution in [0.3, 0.4) is 0 Å². The topological polar surface area (TPSA) is 69.4 Å². The normalized spacial score (nSPS) is 9.33. The number of carbonyl (C=O) groups excluding carboxylic acids is 2. The van der Waals surface area contributed by atoms with E-state index in [4.69, 9.17) is 0 Å². The fraction of sp³-hybridized carbons (Fsp3) is 0.600. The van der Waals surface area contributed by atoms with E-state index < -0.39 is 11.8 Å². The lowest BCUT2D eigenvalue weighted by molar-refractivity contribution is -0.155. The molecule has 0 radical (unpaired) electrons. The highest BCUT2D eigenvalue weighted by Crippen LogP contribution is 1.93. The minimum Gasteiger partial charge on any atom is -0.367 e. The van der Waals surface area contributed by atoms with Gasteiger partial charge in [0.25, 0.3) is 0 Å². The zero-order valence-electron chi connectivity index (χ0n) is 5.38. The fourth-order valence-corrected chi connectivity index (χ4v) is 0.294. The predicted octanol–water partition coefficient (Wildman–Crippen LogP) is -0.372. The molecule has 0 aliphatic rings. The van der Waals surface area contributed by atoms with Crippen LogP contribution in [0.2, 0.25) is 0 Å². The minimum atomic E-state index is -0.981. The highest BCUT2D eigenvalue weighted by atomic mass is 16.7. The van der Waals surface area contributed by atoms with Gasteiger partial charge < -0.3 is 4.84 Å². The van der Waals surface area contributed by atoms with Crippen LogP contribution in [0.15, 0.2) is 0 Å². The molecule has 2 N–H and O–H groups in total. The molecule has 0 aromatic rings.